The highest BCUT2D eigenvalue weighted by molar-refractivity contribution is 7.18. The van der Waals surface area contributed by atoms with Crippen molar-refractivity contribution in [2.75, 3.05) is 6.54 Å². The Labute approximate surface area is 122 Å². The molecule has 0 aliphatic carbocycles. The zero-order valence-corrected chi connectivity index (χ0v) is 12.3. The Morgan fingerprint density at radius 2 is 2.00 bits per heavy atom. The standard InChI is InChI=1S/C15H16ClNOS/c1-11(12-5-3-2-4-6-12)17-10-9-13(18)14-7-8-15(16)19-14/h2-8,11,17H,9-10H2,1H3. The van der Waals surface area contributed by atoms with E-state index in [-0.39, 0.29) is 11.8 Å². The van der Waals surface area contributed by atoms with Gasteiger partial charge in [-0.05, 0) is 24.6 Å². The minimum Gasteiger partial charge on any atom is -0.310 e. The SMILES string of the molecule is CC(NCCC(=O)c1ccc(Cl)s1)c1ccccc1. The summed E-state index contributed by atoms with van der Waals surface area (Å²) >= 11 is 7.16. The van der Waals surface area contributed by atoms with Gasteiger partial charge in [-0.15, -0.1) is 11.3 Å². The highest BCUT2D eigenvalue weighted by Crippen LogP contribution is 2.22. The van der Waals surface area contributed by atoms with Crippen LogP contribution in [0.5, 0.6) is 0 Å². The van der Waals surface area contributed by atoms with Gasteiger partial charge in [-0.25, -0.2) is 0 Å². The Morgan fingerprint density at radius 1 is 1.26 bits per heavy atom. The average molecular weight is 294 g/mol. The van der Waals surface area contributed by atoms with Crippen LogP contribution in [0.15, 0.2) is 42.5 Å². The van der Waals surface area contributed by atoms with Crippen LogP contribution < -0.4 is 5.32 Å². The van der Waals surface area contributed by atoms with Gasteiger partial charge in [0.25, 0.3) is 0 Å². The molecule has 1 atom stereocenters. The van der Waals surface area contributed by atoms with Gasteiger partial charge in [0.2, 0.25) is 0 Å². The Balaban J connectivity index is 1.79. The fourth-order valence-corrected chi connectivity index (χ4v) is 2.86. The molecule has 0 bridgehead atoms. The Bertz CT molecular complexity index is 538. The summed E-state index contributed by atoms with van der Waals surface area (Å²) in [5, 5.41) is 3.36. The molecule has 2 nitrogen and oxygen atoms in total. The predicted octanol–water partition coefficient (Wildman–Crippen LogP) is 4.33. The number of nitrogens with one attached hydrogen (secondary N) is 1. The van der Waals surface area contributed by atoms with E-state index in [9.17, 15) is 4.79 Å². The lowest BCUT2D eigenvalue weighted by atomic mass is 10.1. The van der Waals surface area contributed by atoms with E-state index in [4.69, 9.17) is 11.6 Å². The van der Waals surface area contributed by atoms with Crippen molar-refractivity contribution in [3.05, 3.63) is 57.2 Å². The number of carbonyl (C=O) groups is 1. The normalized spacial score (nSPS) is 12.3. The van der Waals surface area contributed by atoms with Gasteiger partial charge in [0, 0.05) is 19.0 Å². The second kappa shape index (κ2) is 6.85. The smallest absolute Gasteiger partial charge is 0.174 e. The first-order chi connectivity index (χ1) is 9.16. The van der Waals surface area contributed by atoms with Crippen molar-refractivity contribution in [1.82, 2.24) is 5.32 Å². The third kappa shape index (κ3) is 4.16. The van der Waals surface area contributed by atoms with Crippen molar-refractivity contribution in [1.29, 1.82) is 0 Å². The lowest BCUT2D eigenvalue weighted by Gasteiger charge is -2.13. The Kier molecular flexibility index (Phi) is 5.14. The molecule has 1 aromatic heterocycles. The van der Waals surface area contributed by atoms with E-state index in [1.807, 2.05) is 18.2 Å². The second-order valence-corrected chi connectivity index (χ2v) is 6.08. The number of halogens is 1. The quantitative estimate of drug-likeness (QED) is 0.804. The van der Waals surface area contributed by atoms with Crippen LogP contribution in [0, 0.1) is 0 Å². The molecule has 1 heterocycles. The monoisotopic (exact) mass is 293 g/mol. The summed E-state index contributed by atoms with van der Waals surface area (Å²) in [7, 11) is 0. The highest BCUT2D eigenvalue weighted by Gasteiger charge is 2.09. The molecule has 0 saturated carbocycles. The molecule has 0 aliphatic heterocycles. The first kappa shape index (κ1) is 14.3. The van der Waals surface area contributed by atoms with Crippen molar-refractivity contribution >= 4 is 28.7 Å². The van der Waals surface area contributed by atoms with Crippen LogP contribution in [0.1, 0.15) is 34.6 Å². The van der Waals surface area contributed by atoms with E-state index in [1.54, 1.807) is 12.1 Å². The van der Waals surface area contributed by atoms with Gasteiger partial charge in [0.1, 0.15) is 0 Å². The van der Waals surface area contributed by atoms with Crippen molar-refractivity contribution in [3.8, 4) is 0 Å². The summed E-state index contributed by atoms with van der Waals surface area (Å²) in [5.41, 5.74) is 1.23. The molecule has 100 valence electrons. The molecular formula is C15H16ClNOS. The maximum Gasteiger partial charge on any atom is 0.174 e. The third-order valence-electron chi connectivity index (χ3n) is 2.95. The number of Topliss-reactive ketones (excluding diaryl/α,β-unsaturated/α-hetero) is 1. The van der Waals surface area contributed by atoms with E-state index >= 15 is 0 Å². The Hall–Kier alpha value is -1.16. The van der Waals surface area contributed by atoms with Gasteiger partial charge in [-0.1, -0.05) is 41.9 Å². The molecule has 4 heteroatoms. The maximum atomic E-state index is 11.9. The number of thiophene rings is 1. The largest absolute Gasteiger partial charge is 0.310 e. The summed E-state index contributed by atoms with van der Waals surface area (Å²) in [5.74, 6) is 0.143. The molecule has 0 amide bonds. The summed E-state index contributed by atoms with van der Waals surface area (Å²) in [6.07, 6.45) is 0.494. The van der Waals surface area contributed by atoms with Gasteiger partial charge in [0.05, 0.1) is 9.21 Å². The van der Waals surface area contributed by atoms with Crippen molar-refractivity contribution in [2.45, 2.75) is 19.4 Å². The van der Waals surface area contributed by atoms with Crippen LogP contribution in [0.25, 0.3) is 0 Å². The van der Waals surface area contributed by atoms with Crippen LogP contribution in [0.3, 0.4) is 0 Å². The number of rotatable bonds is 6. The van der Waals surface area contributed by atoms with Crippen molar-refractivity contribution in [2.24, 2.45) is 0 Å². The topological polar surface area (TPSA) is 29.1 Å². The zero-order chi connectivity index (χ0) is 13.7. The molecule has 0 radical (unpaired) electrons. The number of benzene rings is 1. The van der Waals surface area contributed by atoms with Crippen LogP contribution in [0.4, 0.5) is 0 Å². The summed E-state index contributed by atoms with van der Waals surface area (Å²) in [6.45, 7) is 2.77. The molecule has 2 rings (SSSR count). The molecular weight excluding hydrogens is 278 g/mol. The minimum atomic E-state index is 0.143. The van der Waals surface area contributed by atoms with E-state index in [2.05, 4.69) is 24.4 Å². The molecule has 0 saturated heterocycles. The van der Waals surface area contributed by atoms with Crippen molar-refractivity contribution < 1.29 is 4.79 Å². The van der Waals surface area contributed by atoms with Crippen LogP contribution in [0.2, 0.25) is 4.34 Å². The van der Waals surface area contributed by atoms with Gasteiger partial charge in [0.15, 0.2) is 5.78 Å². The summed E-state index contributed by atoms with van der Waals surface area (Å²) in [4.78, 5) is 12.6. The molecule has 19 heavy (non-hydrogen) atoms. The molecule has 0 fully saturated rings. The van der Waals surface area contributed by atoms with Gasteiger partial charge >= 0.3 is 0 Å². The van der Waals surface area contributed by atoms with Crippen molar-refractivity contribution in [3.63, 3.8) is 0 Å². The third-order valence-corrected chi connectivity index (χ3v) is 4.22. The van der Waals surface area contributed by atoms with Gasteiger partial charge in [-0.2, -0.15) is 0 Å². The lowest BCUT2D eigenvalue weighted by Crippen LogP contribution is -2.21. The summed E-state index contributed by atoms with van der Waals surface area (Å²) in [6, 6.07) is 14.0. The predicted molar refractivity (Wildman–Crippen MR) is 81.1 cm³/mol. The average Bonchev–Trinajstić information content (AvgIpc) is 2.86. The summed E-state index contributed by atoms with van der Waals surface area (Å²) < 4.78 is 0.661. The molecule has 1 N–H and O–H groups in total. The Morgan fingerprint density at radius 3 is 2.63 bits per heavy atom. The molecule has 2 aromatic rings. The molecule has 0 spiro atoms. The fraction of sp³-hybridized carbons (Fsp3) is 0.267. The number of ketones is 1. The van der Waals surface area contributed by atoms with Crippen LogP contribution in [-0.2, 0) is 0 Å². The molecule has 1 aromatic carbocycles. The number of hydrogen-bond acceptors (Lipinski definition) is 3. The van der Waals surface area contributed by atoms with Crippen LogP contribution in [-0.4, -0.2) is 12.3 Å². The maximum absolute atomic E-state index is 11.9. The number of hydrogen-bond donors (Lipinski definition) is 1. The number of carbonyl (C=O) groups excluding carboxylic acids is 1. The minimum absolute atomic E-state index is 0.143. The lowest BCUT2D eigenvalue weighted by molar-refractivity contribution is 0.0985. The van der Waals surface area contributed by atoms with Gasteiger partial charge < -0.3 is 5.32 Å². The van der Waals surface area contributed by atoms with E-state index in [0.717, 1.165) is 4.88 Å². The molecule has 1 unspecified atom stereocenters. The van der Waals surface area contributed by atoms with Gasteiger partial charge in [-0.3, -0.25) is 4.79 Å². The second-order valence-electron chi connectivity index (χ2n) is 4.36. The first-order valence-corrected chi connectivity index (χ1v) is 7.43. The fourth-order valence-electron chi connectivity index (χ4n) is 1.85. The first-order valence-electron chi connectivity index (χ1n) is 6.23. The molecule has 0 aliphatic rings. The van der Waals surface area contributed by atoms with E-state index < -0.39 is 0 Å². The van der Waals surface area contributed by atoms with E-state index in [1.165, 1.54) is 16.9 Å². The highest BCUT2D eigenvalue weighted by atomic mass is 35.5. The van der Waals surface area contributed by atoms with Crippen LogP contribution >= 0.6 is 22.9 Å². The van der Waals surface area contributed by atoms with E-state index in [0.29, 0.717) is 17.3 Å². The zero-order valence-electron chi connectivity index (χ0n) is 10.7.